The number of hydrogen-bond acceptors (Lipinski definition) is 3. The molecule has 0 amide bonds. The van der Waals surface area contributed by atoms with Crippen LogP contribution in [-0.2, 0) is 0 Å². The fraction of sp³-hybridized carbons (Fsp3) is 0.130. The summed E-state index contributed by atoms with van der Waals surface area (Å²) in [7, 11) is 0. The first-order valence-corrected chi connectivity index (χ1v) is 17.8. The number of para-hydroxylation sites is 1. The molecule has 0 bridgehead atoms. The minimum absolute atomic E-state index is 0.154. The fourth-order valence-electron chi connectivity index (χ4n) is 8.14. The maximum absolute atomic E-state index is 2.51. The molecule has 2 aliphatic heterocycles. The average Bonchev–Trinajstić information content (AvgIpc) is 3.14. The van der Waals surface area contributed by atoms with Gasteiger partial charge in [0.25, 0.3) is 0 Å². The zero-order valence-corrected chi connectivity index (χ0v) is 29.1. The lowest BCUT2D eigenvalue weighted by Crippen LogP contribution is -2.56. The lowest BCUT2D eigenvalue weighted by molar-refractivity contribution is 0.716. The molecule has 3 aliphatic rings. The van der Waals surface area contributed by atoms with E-state index < -0.39 is 0 Å². The third-order valence-electron chi connectivity index (χ3n) is 10.6. The third-order valence-corrected chi connectivity index (χ3v) is 10.6. The van der Waals surface area contributed by atoms with Crippen LogP contribution in [-0.4, -0.2) is 6.71 Å². The average molecular weight is 646 g/mol. The standard InChI is InChI=1S/C46H40BN3/c1-31-13-20-36(21-14-31)48(37-22-15-32(2)16-23-37)39-26-27-40-45(30-39)50(38-24-17-33(3)18-25-38)44-12-8-11-43-46(44)47(40)41-29-34(4)19-28-42(41)49(43)35-9-6-5-7-10-35/h5-28,30,34H,29H2,1-4H3. The maximum Gasteiger partial charge on any atom is 0.247 e. The Morgan fingerprint density at radius 3 is 1.76 bits per heavy atom. The number of anilines is 8. The smallest absolute Gasteiger partial charge is 0.247 e. The van der Waals surface area contributed by atoms with Gasteiger partial charge in [-0.1, -0.05) is 102 Å². The highest BCUT2D eigenvalue weighted by molar-refractivity contribution is 6.95. The molecule has 9 rings (SSSR count). The molecule has 2 heterocycles. The summed E-state index contributed by atoms with van der Waals surface area (Å²) in [6, 6.07) is 51.7. The van der Waals surface area contributed by atoms with Gasteiger partial charge in [-0.3, -0.25) is 0 Å². The summed E-state index contributed by atoms with van der Waals surface area (Å²) >= 11 is 0. The van der Waals surface area contributed by atoms with Crippen LogP contribution in [0.25, 0.3) is 0 Å². The van der Waals surface area contributed by atoms with E-state index in [2.05, 4.69) is 194 Å². The molecule has 0 saturated heterocycles. The van der Waals surface area contributed by atoms with E-state index in [9.17, 15) is 0 Å². The molecule has 0 fully saturated rings. The van der Waals surface area contributed by atoms with Gasteiger partial charge in [-0.15, -0.1) is 0 Å². The lowest BCUT2D eigenvalue weighted by Gasteiger charge is -2.46. The number of benzene rings is 6. The van der Waals surface area contributed by atoms with Crippen molar-refractivity contribution < 1.29 is 0 Å². The van der Waals surface area contributed by atoms with Crippen LogP contribution < -0.4 is 25.6 Å². The first-order valence-electron chi connectivity index (χ1n) is 17.8. The molecule has 0 saturated carbocycles. The van der Waals surface area contributed by atoms with Gasteiger partial charge >= 0.3 is 0 Å². The van der Waals surface area contributed by atoms with E-state index in [4.69, 9.17) is 0 Å². The topological polar surface area (TPSA) is 9.72 Å². The highest BCUT2D eigenvalue weighted by atomic mass is 15.2. The molecule has 0 radical (unpaired) electrons. The van der Waals surface area contributed by atoms with Crippen molar-refractivity contribution in [3.05, 3.63) is 180 Å². The van der Waals surface area contributed by atoms with E-state index in [-0.39, 0.29) is 6.71 Å². The Kier molecular flexibility index (Phi) is 7.28. The van der Waals surface area contributed by atoms with Gasteiger partial charge in [0.1, 0.15) is 0 Å². The molecule has 0 aromatic heterocycles. The van der Waals surface area contributed by atoms with Crippen LogP contribution in [0.1, 0.15) is 30.0 Å². The molecule has 50 heavy (non-hydrogen) atoms. The number of nitrogens with zero attached hydrogens (tertiary/aromatic N) is 3. The predicted octanol–water partition coefficient (Wildman–Crippen LogP) is 11.0. The summed E-state index contributed by atoms with van der Waals surface area (Å²) in [4.78, 5) is 7.40. The molecule has 1 unspecified atom stereocenters. The Bertz CT molecular complexity index is 2240. The Morgan fingerprint density at radius 2 is 1.12 bits per heavy atom. The van der Waals surface area contributed by atoms with Crippen LogP contribution in [0.5, 0.6) is 0 Å². The van der Waals surface area contributed by atoms with Crippen molar-refractivity contribution >= 4 is 63.1 Å². The Balaban J connectivity index is 1.31. The second-order valence-corrected chi connectivity index (χ2v) is 14.2. The first kappa shape index (κ1) is 30.3. The van der Waals surface area contributed by atoms with Crippen molar-refractivity contribution in [2.45, 2.75) is 34.1 Å². The van der Waals surface area contributed by atoms with Gasteiger partial charge in [0, 0.05) is 51.2 Å². The van der Waals surface area contributed by atoms with E-state index >= 15 is 0 Å². The summed E-state index contributed by atoms with van der Waals surface area (Å²) < 4.78 is 0. The van der Waals surface area contributed by atoms with Crippen molar-refractivity contribution in [1.29, 1.82) is 0 Å². The van der Waals surface area contributed by atoms with Crippen molar-refractivity contribution in [1.82, 2.24) is 0 Å². The highest BCUT2D eigenvalue weighted by Crippen LogP contribution is 2.47. The molecule has 242 valence electrons. The second kappa shape index (κ2) is 12.0. The van der Waals surface area contributed by atoms with Crippen molar-refractivity contribution in [2.24, 2.45) is 5.92 Å². The summed E-state index contributed by atoms with van der Waals surface area (Å²) in [5.41, 5.74) is 18.8. The fourth-order valence-corrected chi connectivity index (χ4v) is 8.14. The Labute approximate surface area is 296 Å². The first-order chi connectivity index (χ1) is 24.4. The monoisotopic (exact) mass is 645 g/mol. The molecule has 6 aromatic carbocycles. The highest BCUT2D eigenvalue weighted by Gasteiger charge is 2.44. The predicted molar refractivity (Wildman–Crippen MR) is 214 cm³/mol. The summed E-state index contributed by atoms with van der Waals surface area (Å²) in [5.74, 6) is 0.469. The molecule has 0 spiro atoms. The van der Waals surface area contributed by atoms with E-state index in [1.807, 2.05) is 0 Å². The van der Waals surface area contributed by atoms with E-state index in [0.29, 0.717) is 5.92 Å². The van der Waals surface area contributed by atoms with Crippen molar-refractivity contribution in [2.75, 3.05) is 14.7 Å². The van der Waals surface area contributed by atoms with Crippen LogP contribution in [0.4, 0.5) is 45.5 Å². The summed E-state index contributed by atoms with van der Waals surface area (Å²) in [6.07, 6.45) is 5.79. The van der Waals surface area contributed by atoms with Gasteiger partial charge in [-0.2, -0.15) is 0 Å². The third kappa shape index (κ3) is 4.98. The van der Waals surface area contributed by atoms with E-state index in [0.717, 1.165) is 23.5 Å². The van der Waals surface area contributed by atoms with Crippen LogP contribution >= 0.6 is 0 Å². The van der Waals surface area contributed by atoms with Crippen LogP contribution in [0.2, 0.25) is 0 Å². The van der Waals surface area contributed by atoms with Gasteiger partial charge in [0.05, 0.1) is 0 Å². The van der Waals surface area contributed by atoms with Gasteiger partial charge in [0.2, 0.25) is 6.71 Å². The maximum atomic E-state index is 2.51. The number of rotatable bonds is 5. The molecule has 1 atom stereocenters. The quantitative estimate of drug-likeness (QED) is 0.173. The number of hydrogen-bond donors (Lipinski definition) is 0. The number of aryl methyl sites for hydroxylation is 3. The Morgan fingerprint density at radius 1 is 0.560 bits per heavy atom. The van der Waals surface area contributed by atoms with Gasteiger partial charge in [-0.25, -0.2) is 0 Å². The lowest BCUT2D eigenvalue weighted by atomic mass is 9.32. The molecule has 1 aliphatic carbocycles. The van der Waals surface area contributed by atoms with Crippen LogP contribution in [0, 0.1) is 26.7 Å². The van der Waals surface area contributed by atoms with Gasteiger partial charge in [0.15, 0.2) is 0 Å². The zero-order valence-electron chi connectivity index (χ0n) is 29.1. The molecule has 6 aromatic rings. The molecule has 0 N–H and O–H groups in total. The normalized spacial score (nSPS) is 15.8. The SMILES string of the molecule is Cc1ccc(N(c2ccc(C)cc2)c2ccc3c(c2)N(c2ccc(C)cc2)c2cccc4c2B3C2=C(C=CC(C)C2)N4c2ccccc2)cc1. The van der Waals surface area contributed by atoms with Crippen LogP contribution in [0.3, 0.4) is 0 Å². The van der Waals surface area contributed by atoms with Crippen LogP contribution in [0.15, 0.2) is 163 Å². The molecule has 3 nitrogen and oxygen atoms in total. The van der Waals surface area contributed by atoms with Crippen molar-refractivity contribution in [3.8, 4) is 0 Å². The Hall–Kier alpha value is -5.74. The number of allylic oxidation sites excluding steroid dienone is 3. The molecule has 4 heteroatoms. The second-order valence-electron chi connectivity index (χ2n) is 14.2. The van der Waals surface area contributed by atoms with Gasteiger partial charge < -0.3 is 14.7 Å². The van der Waals surface area contributed by atoms with Crippen molar-refractivity contribution in [3.63, 3.8) is 0 Å². The van der Waals surface area contributed by atoms with E-state index in [1.165, 1.54) is 67.2 Å². The largest absolute Gasteiger partial charge is 0.312 e. The molecular weight excluding hydrogens is 605 g/mol. The summed E-state index contributed by atoms with van der Waals surface area (Å²) in [5, 5.41) is 0. The van der Waals surface area contributed by atoms with E-state index in [1.54, 1.807) is 0 Å². The molecular formula is C46H40BN3. The number of fused-ring (bicyclic) bond motifs is 3. The summed E-state index contributed by atoms with van der Waals surface area (Å²) in [6.45, 7) is 8.97. The van der Waals surface area contributed by atoms with Gasteiger partial charge in [-0.05, 0) is 123 Å². The minimum atomic E-state index is 0.154. The zero-order chi connectivity index (χ0) is 33.9. The minimum Gasteiger partial charge on any atom is -0.312 e.